The quantitative estimate of drug-likeness (QED) is 0.655. The van der Waals surface area contributed by atoms with Gasteiger partial charge in [0.25, 0.3) is 0 Å². The fourth-order valence-corrected chi connectivity index (χ4v) is 3.22. The van der Waals surface area contributed by atoms with Crippen molar-refractivity contribution in [3.05, 3.63) is 53.6 Å². The van der Waals surface area contributed by atoms with E-state index < -0.39 is 11.6 Å². The van der Waals surface area contributed by atoms with Gasteiger partial charge in [0.05, 0.1) is 12.5 Å². The lowest BCUT2D eigenvalue weighted by molar-refractivity contribution is -0.125. The zero-order chi connectivity index (χ0) is 18.6. The molecule has 3 N–H and O–H groups in total. The van der Waals surface area contributed by atoms with E-state index in [9.17, 15) is 9.59 Å². The molecule has 3 rings (SSSR count). The molecule has 0 aliphatic heterocycles. The van der Waals surface area contributed by atoms with E-state index in [4.69, 9.17) is 10.5 Å². The molecule has 1 aromatic heterocycles. The Kier molecular flexibility index (Phi) is 5.08. The monoisotopic (exact) mass is 351 g/mol. The molecular weight excluding hydrogens is 330 g/mol. The maximum absolute atomic E-state index is 12.4. The topological polar surface area (TPSA) is 98.1 Å². The van der Waals surface area contributed by atoms with E-state index in [1.54, 1.807) is 0 Å². The lowest BCUT2D eigenvalue weighted by Gasteiger charge is -2.35. The molecule has 1 aromatic carbocycles. The van der Waals surface area contributed by atoms with Crippen molar-refractivity contribution in [2.24, 2.45) is 11.7 Å². The molecule has 1 aliphatic rings. The van der Waals surface area contributed by atoms with E-state index in [2.05, 4.69) is 21.8 Å². The van der Waals surface area contributed by atoms with Crippen LogP contribution in [0.1, 0.15) is 47.3 Å². The summed E-state index contributed by atoms with van der Waals surface area (Å²) in [7, 11) is 0. The number of aromatic nitrogens is 2. The largest absolute Gasteiger partial charge is 0.441 e. The zero-order valence-electron chi connectivity index (χ0n) is 14.6. The van der Waals surface area contributed by atoms with Crippen LogP contribution in [0, 0.1) is 24.7 Å². The normalized spacial score (nSPS) is 22.1. The van der Waals surface area contributed by atoms with Crippen molar-refractivity contribution in [3.63, 3.8) is 0 Å². The van der Waals surface area contributed by atoms with Crippen LogP contribution in [0.3, 0.4) is 0 Å². The zero-order valence-corrected chi connectivity index (χ0v) is 14.6. The third-order valence-corrected chi connectivity index (χ3v) is 4.57. The summed E-state index contributed by atoms with van der Waals surface area (Å²) in [4.78, 5) is 30.7. The molecule has 1 saturated carbocycles. The van der Waals surface area contributed by atoms with E-state index in [1.807, 2.05) is 31.2 Å². The third kappa shape index (κ3) is 4.12. The van der Waals surface area contributed by atoms with Crippen molar-refractivity contribution in [1.82, 2.24) is 9.97 Å². The van der Waals surface area contributed by atoms with Crippen molar-refractivity contribution in [1.29, 1.82) is 0 Å². The SMILES string of the molecule is Cc1cccc(C#C[C@@]2(OC(=O)c3cnc[nH]3)CCC[C@@H](C(N)=O)C2)c1. The van der Waals surface area contributed by atoms with Gasteiger partial charge in [-0.05, 0) is 49.8 Å². The van der Waals surface area contributed by atoms with E-state index in [0.717, 1.165) is 11.1 Å². The van der Waals surface area contributed by atoms with Gasteiger partial charge in [0.2, 0.25) is 5.91 Å². The number of carbonyl (C=O) groups excluding carboxylic acids is 2. The number of rotatable bonds is 3. The second-order valence-electron chi connectivity index (χ2n) is 6.66. The molecule has 0 unspecified atom stereocenters. The van der Waals surface area contributed by atoms with E-state index in [-0.39, 0.29) is 17.5 Å². The first-order valence-corrected chi connectivity index (χ1v) is 8.58. The Morgan fingerprint density at radius 2 is 2.27 bits per heavy atom. The number of H-pyrrole nitrogens is 1. The van der Waals surface area contributed by atoms with Crippen LogP contribution in [0.2, 0.25) is 0 Å². The molecule has 6 nitrogen and oxygen atoms in total. The highest BCUT2D eigenvalue weighted by molar-refractivity contribution is 5.87. The summed E-state index contributed by atoms with van der Waals surface area (Å²) >= 11 is 0. The van der Waals surface area contributed by atoms with Crippen molar-refractivity contribution in [3.8, 4) is 11.8 Å². The van der Waals surface area contributed by atoms with Crippen LogP contribution in [-0.2, 0) is 9.53 Å². The van der Waals surface area contributed by atoms with Crippen LogP contribution < -0.4 is 5.73 Å². The molecule has 26 heavy (non-hydrogen) atoms. The highest BCUT2D eigenvalue weighted by atomic mass is 16.6. The lowest BCUT2D eigenvalue weighted by Crippen LogP contribution is -2.42. The minimum atomic E-state index is -1.04. The van der Waals surface area contributed by atoms with E-state index in [0.29, 0.717) is 25.7 Å². The predicted octanol–water partition coefficient (Wildman–Crippen LogP) is 2.34. The van der Waals surface area contributed by atoms with Crippen molar-refractivity contribution in [2.75, 3.05) is 0 Å². The lowest BCUT2D eigenvalue weighted by atomic mass is 9.77. The number of esters is 1. The van der Waals surface area contributed by atoms with Crippen LogP contribution >= 0.6 is 0 Å². The first-order valence-electron chi connectivity index (χ1n) is 8.58. The Morgan fingerprint density at radius 3 is 2.96 bits per heavy atom. The van der Waals surface area contributed by atoms with Gasteiger partial charge in [0.15, 0.2) is 5.60 Å². The van der Waals surface area contributed by atoms with Crippen LogP contribution in [0.4, 0.5) is 0 Å². The first kappa shape index (κ1) is 17.7. The third-order valence-electron chi connectivity index (χ3n) is 4.57. The van der Waals surface area contributed by atoms with Crippen LogP contribution in [-0.4, -0.2) is 27.4 Å². The fraction of sp³-hybridized carbons (Fsp3) is 0.350. The molecule has 2 aromatic rings. The second-order valence-corrected chi connectivity index (χ2v) is 6.66. The molecule has 6 heteroatoms. The minimum absolute atomic E-state index is 0.253. The highest BCUT2D eigenvalue weighted by Gasteiger charge is 2.41. The summed E-state index contributed by atoms with van der Waals surface area (Å²) in [6, 6.07) is 7.78. The standard InChI is InChI=1S/C20H21N3O3/c1-14-4-2-5-15(10-14)7-9-20(8-3-6-16(11-20)18(21)24)26-19(25)17-12-22-13-23-17/h2,4-5,10,12-13,16H,3,6,8,11H2,1H3,(H2,21,24)(H,22,23)/t16-,20+/m1/s1. The smallest absolute Gasteiger partial charge is 0.357 e. The second kappa shape index (κ2) is 7.44. The summed E-state index contributed by atoms with van der Waals surface area (Å²) in [5.41, 5.74) is 6.64. The Bertz CT molecular complexity index is 864. The van der Waals surface area contributed by atoms with Crippen molar-refractivity contribution >= 4 is 11.9 Å². The van der Waals surface area contributed by atoms with Crippen molar-refractivity contribution in [2.45, 2.75) is 38.2 Å². The number of amides is 1. The molecule has 1 fully saturated rings. The average Bonchev–Trinajstić information content (AvgIpc) is 3.15. The maximum atomic E-state index is 12.4. The molecular formula is C20H21N3O3. The summed E-state index contributed by atoms with van der Waals surface area (Å²) in [5.74, 6) is 4.94. The Labute approximate surface area is 152 Å². The highest BCUT2D eigenvalue weighted by Crippen LogP contribution is 2.35. The van der Waals surface area contributed by atoms with Gasteiger partial charge in [-0.1, -0.05) is 18.1 Å². The Hall–Kier alpha value is -3.07. The number of aromatic amines is 1. The van der Waals surface area contributed by atoms with Crippen LogP contribution in [0.5, 0.6) is 0 Å². The van der Waals surface area contributed by atoms with E-state index in [1.165, 1.54) is 12.5 Å². The van der Waals surface area contributed by atoms with Gasteiger partial charge in [0, 0.05) is 17.9 Å². The summed E-state index contributed by atoms with van der Waals surface area (Å²) in [5, 5.41) is 0. The van der Waals surface area contributed by atoms with Gasteiger partial charge in [-0.2, -0.15) is 0 Å². The number of nitrogens with zero attached hydrogens (tertiary/aromatic N) is 1. The van der Waals surface area contributed by atoms with Crippen LogP contribution in [0.25, 0.3) is 0 Å². The number of aryl methyl sites for hydroxylation is 1. The average molecular weight is 351 g/mol. The van der Waals surface area contributed by atoms with Gasteiger partial charge < -0.3 is 15.5 Å². The minimum Gasteiger partial charge on any atom is -0.441 e. The van der Waals surface area contributed by atoms with Crippen LogP contribution in [0.15, 0.2) is 36.8 Å². The van der Waals surface area contributed by atoms with Gasteiger partial charge in [-0.3, -0.25) is 4.79 Å². The molecule has 134 valence electrons. The molecule has 1 amide bonds. The van der Waals surface area contributed by atoms with Gasteiger partial charge >= 0.3 is 5.97 Å². The molecule has 1 heterocycles. The molecule has 0 radical (unpaired) electrons. The molecule has 1 aliphatic carbocycles. The van der Waals surface area contributed by atoms with Gasteiger partial charge in [-0.25, -0.2) is 9.78 Å². The van der Waals surface area contributed by atoms with Crippen molar-refractivity contribution < 1.29 is 14.3 Å². The number of carbonyl (C=O) groups is 2. The predicted molar refractivity (Wildman–Crippen MR) is 95.9 cm³/mol. The number of hydrogen-bond acceptors (Lipinski definition) is 4. The number of hydrogen-bond donors (Lipinski definition) is 2. The number of primary amides is 1. The summed E-state index contributed by atoms with van der Waals surface area (Å²) in [6.07, 6.45) is 5.08. The fourth-order valence-electron chi connectivity index (χ4n) is 3.22. The number of imidazole rings is 1. The summed E-state index contributed by atoms with van der Waals surface area (Å²) < 4.78 is 5.76. The Morgan fingerprint density at radius 1 is 1.42 bits per heavy atom. The number of nitrogens with two attached hydrogens (primary N) is 1. The maximum Gasteiger partial charge on any atom is 0.357 e. The Balaban J connectivity index is 1.91. The molecule has 0 bridgehead atoms. The summed E-state index contributed by atoms with van der Waals surface area (Å²) in [6.45, 7) is 1.99. The molecule has 0 saturated heterocycles. The molecule has 2 atom stereocenters. The molecule has 0 spiro atoms. The number of ether oxygens (including phenoxy) is 1. The number of nitrogens with one attached hydrogen (secondary N) is 1. The van der Waals surface area contributed by atoms with E-state index >= 15 is 0 Å². The van der Waals surface area contributed by atoms with Gasteiger partial charge in [-0.15, -0.1) is 0 Å². The van der Waals surface area contributed by atoms with Gasteiger partial charge in [0.1, 0.15) is 5.69 Å². The number of benzene rings is 1. The first-order chi connectivity index (χ1) is 12.5.